The van der Waals surface area contributed by atoms with E-state index in [1.807, 2.05) is 6.07 Å². The average Bonchev–Trinajstić information content (AvgIpc) is 3.59. The number of rotatable bonds is 7. The van der Waals surface area contributed by atoms with Crippen LogP contribution in [-0.2, 0) is 14.9 Å². The quantitative estimate of drug-likeness (QED) is 0.508. The molecule has 3 aliphatic heterocycles. The first kappa shape index (κ1) is 24.5. The molecule has 5 fully saturated rings. The van der Waals surface area contributed by atoms with Crippen LogP contribution in [-0.4, -0.2) is 84.7 Å². The van der Waals surface area contributed by atoms with Crippen molar-refractivity contribution >= 4 is 29.1 Å². The molecule has 0 spiro atoms. The number of halogens is 2. The molecular weight excluding hydrogens is 481 g/mol. The molecule has 0 radical (unpaired) electrons. The minimum atomic E-state index is -0.0589. The Bertz CT molecular complexity index is 936. The number of amides is 1. The molecule has 0 bridgehead atoms. The summed E-state index contributed by atoms with van der Waals surface area (Å²) in [6.07, 6.45) is 10.1. The highest BCUT2D eigenvalue weighted by Crippen LogP contribution is 2.54. The van der Waals surface area contributed by atoms with Crippen LogP contribution in [0.15, 0.2) is 18.2 Å². The average molecular weight is 521 g/mol. The Morgan fingerprint density at radius 3 is 2.43 bits per heavy atom. The van der Waals surface area contributed by atoms with E-state index in [-0.39, 0.29) is 11.0 Å². The van der Waals surface area contributed by atoms with Crippen molar-refractivity contribution in [3.05, 3.63) is 33.8 Å². The van der Waals surface area contributed by atoms with E-state index in [1.54, 1.807) is 0 Å². The fourth-order valence-corrected chi connectivity index (χ4v) is 7.84. The van der Waals surface area contributed by atoms with Gasteiger partial charge in [0.15, 0.2) is 0 Å². The lowest BCUT2D eigenvalue weighted by atomic mass is 9.69. The Hall–Kier alpha value is -0.850. The van der Waals surface area contributed by atoms with E-state index in [9.17, 15) is 4.79 Å². The zero-order valence-electron chi connectivity index (χ0n) is 20.8. The van der Waals surface area contributed by atoms with Crippen LogP contribution in [0.4, 0.5) is 0 Å². The Morgan fingerprint density at radius 2 is 1.74 bits per heavy atom. The van der Waals surface area contributed by atoms with Crippen LogP contribution in [0.5, 0.6) is 0 Å². The van der Waals surface area contributed by atoms with Gasteiger partial charge in [-0.3, -0.25) is 9.69 Å². The van der Waals surface area contributed by atoms with E-state index in [2.05, 4.69) is 26.8 Å². The van der Waals surface area contributed by atoms with Crippen molar-refractivity contribution < 1.29 is 9.53 Å². The van der Waals surface area contributed by atoms with Gasteiger partial charge in [0.25, 0.3) is 0 Å². The van der Waals surface area contributed by atoms with Gasteiger partial charge in [-0.1, -0.05) is 42.1 Å². The molecule has 6 rings (SSSR count). The van der Waals surface area contributed by atoms with E-state index in [4.69, 9.17) is 27.9 Å². The molecule has 2 saturated carbocycles. The molecule has 192 valence electrons. The molecule has 35 heavy (non-hydrogen) atoms. The van der Waals surface area contributed by atoms with Gasteiger partial charge in [-0.2, -0.15) is 0 Å². The summed E-state index contributed by atoms with van der Waals surface area (Å²) in [6, 6.07) is 6.88. The minimum absolute atomic E-state index is 0.0589. The molecule has 1 atom stereocenters. The highest BCUT2D eigenvalue weighted by Gasteiger charge is 2.55. The lowest BCUT2D eigenvalue weighted by molar-refractivity contribution is -0.145. The standard InChI is InChI=1S/C28H39Cl2N3O2/c29-24-6-5-22(17-25(24)30)27(11-12-31-18-23(19-31)32-13-15-35-16-14-32)10-7-26(34)33(20-27)28(21-3-4-21)8-1-2-9-28/h5-6,17,21,23H,1-4,7-16,18-20H2/t27-/m1/s1. The van der Waals surface area contributed by atoms with Crippen molar-refractivity contribution in [2.75, 3.05) is 52.5 Å². The first-order chi connectivity index (χ1) is 17.0. The number of benzene rings is 1. The van der Waals surface area contributed by atoms with Crippen molar-refractivity contribution in [3.8, 4) is 0 Å². The monoisotopic (exact) mass is 519 g/mol. The van der Waals surface area contributed by atoms with Crippen LogP contribution in [0.2, 0.25) is 10.0 Å². The molecule has 0 N–H and O–H groups in total. The molecule has 0 unspecified atom stereocenters. The molecule has 0 aromatic heterocycles. The van der Waals surface area contributed by atoms with Gasteiger partial charge in [0.05, 0.1) is 23.3 Å². The van der Waals surface area contributed by atoms with Crippen molar-refractivity contribution in [2.45, 2.75) is 74.8 Å². The molecule has 3 saturated heterocycles. The van der Waals surface area contributed by atoms with E-state index in [1.165, 1.54) is 44.1 Å². The van der Waals surface area contributed by atoms with Gasteiger partial charge in [0.1, 0.15) is 0 Å². The number of morpholine rings is 1. The fraction of sp³-hybridized carbons (Fsp3) is 0.750. The van der Waals surface area contributed by atoms with E-state index >= 15 is 0 Å². The van der Waals surface area contributed by atoms with Crippen molar-refractivity contribution in [2.24, 2.45) is 5.92 Å². The Kier molecular flexibility index (Phi) is 6.85. The second kappa shape index (κ2) is 9.79. The van der Waals surface area contributed by atoms with Crippen LogP contribution < -0.4 is 0 Å². The summed E-state index contributed by atoms with van der Waals surface area (Å²) >= 11 is 12.9. The first-order valence-electron chi connectivity index (χ1n) is 13.8. The molecule has 1 aromatic rings. The number of carbonyl (C=O) groups is 1. The number of nitrogens with zero attached hydrogens (tertiary/aromatic N) is 3. The predicted molar refractivity (Wildman–Crippen MR) is 140 cm³/mol. The Morgan fingerprint density at radius 1 is 1.00 bits per heavy atom. The Balaban J connectivity index is 1.22. The van der Waals surface area contributed by atoms with Crippen molar-refractivity contribution in [3.63, 3.8) is 0 Å². The van der Waals surface area contributed by atoms with Crippen molar-refractivity contribution in [1.29, 1.82) is 0 Å². The first-order valence-corrected chi connectivity index (χ1v) is 14.5. The predicted octanol–water partition coefficient (Wildman–Crippen LogP) is 4.98. The third-order valence-electron chi connectivity index (χ3n) is 9.86. The molecule has 7 heteroatoms. The summed E-state index contributed by atoms with van der Waals surface area (Å²) in [5, 5.41) is 1.23. The second-order valence-electron chi connectivity index (χ2n) is 11.8. The van der Waals surface area contributed by atoms with Gasteiger partial charge >= 0.3 is 0 Å². The lowest BCUT2D eigenvalue weighted by Crippen LogP contribution is -2.63. The van der Waals surface area contributed by atoms with Crippen LogP contribution >= 0.6 is 23.2 Å². The molecule has 5 nitrogen and oxygen atoms in total. The molecule has 1 aromatic carbocycles. The largest absolute Gasteiger partial charge is 0.379 e. The Labute approximate surface area is 220 Å². The summed E-state index contributed by atoms with van der Waals surface area (Å²) in [6.45, 7) is 8.05. The summed E-state index contributed by atoms with van der Waals surface area (Å²) in [4.78, 5) is 21.0. The van der Waals surface area contributed by atoms with Gasteiger partial charge in [-0.25, -0.2) is 0 Å². The second-order valence-corrected chi connectivity index (χ2v) is 12.6. The highest BCUT2D eigenvalue weighted by atomic mass is 35.5. The third kappa shape index (κ3) is 4.65. The number of hydrogen-bond donors (Lipinski definition) is 0. The number of carbonyl (C=O) groups excluding carboxylic acids is 1. The van der Waals surface area contributed by atoms with Crippen LogP contribution in [0.3, 0.4) is 0 Å². The molecule has 3 heterocycles. The zero-order valence-corrected chi connectivity index (χ0v) is 22.3. The van der Waals surface area contributed by atoms with Gasteiger partial charge in [0.2, 0.25) is 5.91 Å². The van der Waals surface area contributed by atoms with Gasteiger partial charge in [-0.15, -0.1) is 0 Å². The molecule has 2 aliphatic carbocycles. The summed E-state index contributed by atoms with van der Waals surface area (Å²) in [5.41, 5.74) is 1.31. The molecular formula is C28H39Cl2N3O2. The maximum atomic E-state index is 13.4. The molecule has 1 amide bonds. The maximum absolute atomic E-state index is 13.4. The van der Waals surface area contributed by atoms with E-state index < -0.39 is 0 Å². The SMILES string of the molecule is O=C1CC[C@](CCN2CC(N3CCOCC3)C2)(c2ccc(Cl)c(Cl)c2)CN1C1(C2CC2)CCCC1. The van der Waals surface area contributed by atoms with Gasteiger partial charge in [0, 0.05) is 56.1 Å². The smallest absolute Gasteiger partial charge is 0.223 e. The van der Waals surface area contributed by atoms with Crippen molar-refractivity contribution in [1.82, 2.24) is 14.7 Å². The van der Waals surface area contributed by atoms with Crippen LogP contribution in [0.25, 0.3) is 0 Å². The van der Waals surface area contributed by atoms with E-state index in [0.717, 1.165) is 65.3 Å². The summed E-state index contributed by atoms with van der Waals surface area (Å²) in [5.74, 6) is 1.09. The number of hydrogen-bond acceptors (Lipinski definition) is 4. The van der Waals surface area contributed by atoms with Crippen LogP contribution in [0, 0.1) is 5.92 Å². The zero-order chi connectivity index (χ0) is 24.0. The number of likely N-dealkylation sites (tertiary alicyclic amines) is 2. The highest BCUT2D eigenvalue weighted by molar-refractivity contribution is 6.42. The summed E-state index contributed by atoms with van der Waals surface area (Å²) in [7, 11) is 0. The maximum Gasteiger partial charge on any atom is 0.223 e. The third-order valence-corrected chi connectivity index (χ3v) is 10.6. The lowest BCUT2D eigenvalue weighted by Gasteiger charge is -2.52. The molecule has 5 aliphatic rings. The minimum Gasteiger partial charge on any atom is -0.379 e. The van der Waals surface area contributed by atoms with Crippen LogP contribution in [0.1, 0.15) is 63.4 Å². The fourth-order valence-electron chi connectivity index (χ4n) is 7.54. The van der Waals surface area contributed by atoms with Gasteiger partial charge < -0.3 is 14.5 Å². The summed E-state index contributed by atoms with van der Waals surface area (Å²) < 4.78 is 5.53. The topological polar surface area (TPSA) is 36.0 Å². The normalized spacial score (nSPS) is 30.6. The number of ether oxygens (including phenoxy) is 1. The number of piperidine rings is 1. The van der Waals surface area contributed by atoms with Gasteiger partial charge in [-0.05, 0) is 68.7 Å². The van der Waals surface area contributed by atoms with E-state index in [0.29, 0.717) is 34.3 Å².